The van der Waals surface area contributed by atoms with Crippen molar-refractivity contribution >= 4 is 33.2 Å². The van der Waals surface area contributed by atoms with Crippen LogP contribution in [0.25, 0.3) is 0 Å². The number of carbonyl (C=O) groups is 2. The minimum atomic E-state index is -3.38. The van der Waals surface area contributed by atoms with Gasteiger partial charge in [0.15, 0.2) is 0 Å². The standard InChI is InChI=1S/C22H27N3O4S/c1-5-16-8-6-7-9-19(16)23-21(26)14-24(3)22(27)17-10-11-20-18(13-17)12-15(2)25(20)30(4,28)29/h6-11,13,15H,5,12,14H2,1-4H3,(H,23,26). The zero-order valence-electron chi connectivity index (χ0n) is 17.7. The molecule has 8 heteroatoms. The molecule has 1 N–H and O–H groups in total. The number of sulfonamides is 1. The molecular weight excluding hydrogens is 402 g/mol. The number of carbonyl (C=O) groups excluding carboxylic acids is 2. The first-order valence-electron chi connectivity index (χ1n) is 9.87. The van der Waals surface area contributed by atoms with Gasteiger partial charge in [0.05, 0.1) is 18.5 Å². The lowest BCUT2D eigenvalue weighted by Gasteiger charge is -2.22. The van der Waals surface area contributed by atoms with Crippen molar-refractivity contribution in [3.05, 3.63) is 59.2 Å². The lowest BCUT2D eigenvalue weighted by Crippen LogP contribution is -2.35. The van der Waals surface area contributed by atoms with Crippen molar-refractivity contribution in [1.29, 1.82) is 0 Å². The second-order valence-corrected chi connectivity index (χ2v) is 9.53. The summed E-state index contributed by atoms with van der Waals surface area (Å²) in [5.74, 6) is -0.563. The second kappa shape index (κ2) is 8.47. The summed E-state index contributed by atoms with van der Waals surface area (Å²) in [7, 11) is -1.81. The molecule has 1 unspecified atom stereocenters. The molecule has 1 heterocycles. The smallest absolute Gasteiger partial charge is 0.254 e. The monoisotopic (exact) mass is 429 g/mol. The third-order valence-corrected chi connectivity index (χ3v) is 6.51. The number of para-hydroxylation sites is 1. The summed E-state index contributed by atoms with van der Waals surface area (Å²) in [6.45, 7) is 3.77. The summed E-state index contributed by atoms with van der Waals surface area (Å²) in [6.07, 6.45) is 2.52. The van der Waals surface area contributed by atoms with Gasteiger partial charge < -0.3 is 10.2 Å². The Labute approximate surface area is 177 Å². The van der Waals surface area contributed by atoms with E-state index >= 15 is 0 Å². The average Bonchev–Trinajstić information content (AvgIpc) is 3.02. The fraction of sp³-hybridized carbons (Fsp3) is 0.364. The molecule has 2 amide bonds. The number of anilines is 2. The first-order valence-corrected chi connectivity index (χ1v) is 11.7. The zero-order valence-corrected chi connectivity index (χ0v) is 18.5. The third kappa shape index (κ3) is 4.48. The highest BCUT2D eigenvalue weighted by Gasteiger charge is 2.33. The summed E-state index contributed by atoms with van der Waals surface area (Å²) in [6, 6.07) is 12.4. The number of hydrogen-bond acceptors (Lipinski definition) is 4. The SMILES string of the molecule is CCc1ccccc1NC(=O)CN(C)C(=O)c1ccc2c(c1)CC(C)N2S(C)(=O)=O. The molecule has 0 bridgehead atoms. The van der Waals surface area contributed by atoms with Crippen LogP contribution in [-0.2, 0) is 27.7 Å². The van der Waals surface area contributed by atoms with Crippen molar-refractivity contribution in [1.82, 2.24) is 4.90 Å². The summed E-state index contributed by atoms with van der Waals surface area (Å²) < 4.78 is 25.5. The minimum absolute atomic E-state index is 0.0835. The Bertz CT molecular complexity index is 1080. The summed E-state index contributed by atoms with van der Waals surface area (Å²) in [5.41, 5.74) is 3.63. The van der Waals surface area contributed by atoms with Crippen LogP contribution >= 0.6 is 0 Å². The summed E-state index contributed by atoms with van der Waals surface area (Å²) in [5, 5.41) is 2.86. The molecule has 0 aliphatic carbocycles. The predicted octanol–water partition coefficient (Wildman–Crippen LogP) is 2.67. The van der Waals surface area contributed by atoms with E-state index in [2.05, 4.69) is 5.32 Å². The topological polar surface area (TPSA) is 86.8 Å². The Balaban J connectivity index is 1.71. The molecule has 1 aliphatic rings. The molecular formula is C22H27N3O4S. The number of aryl methyl sites for hydroxylation is 1. The third-order valence-electron chi connectivity index (χ3n) is 5.24. The molecule has 7 nitrogen and oxygen atoms in total. The molecule has 2 aromatic carbocycles. The Hall–Kier alpha value is -2.87. The van der Waals surface area contributed by atoms with Crippen molar-refractivity contribution < 1.29 is 18.0 Å². The minimum Gasteiger partial charge on any atom is -0.332 e. The molecule has 2 aromatic rings. The van der Waals surface area contributed by atoms with E-state index in [4.69, 9.17) is 0 Å². The molecule has 3 rings (SSSR count). The molecule has 160 valence electrons. The summed E-state index contributed by atoms with van der Waals surface area (Å²) in [4.78, 5) is 26.6. The van der Waals surface area contributed by atoms with Crippen LogP contribution in [0.5, 0.6) is 0 Å². The van der Waals surface area contributed by atoms with Crippen LogP contribution < -0.4 is 9.62 Å². The van der Waals surface area contributed by atoms with Crippen molar-refractivity contribution in [2.75, 3.05) is 29.5 Å². The maximum atomic E-state index is 12.8. The Morgan fingerprint density at radius 2 is 1.90 bits per heavy atom. The summed E-state index contributed by atoms with van der Waals surface area (Å²) >= 11 is 0. The van der Waals surface area contributed by atoms with Gasteiger partial charge in [-0.25, -0.2) is 8.42 Å². The van der Waals surface area contributed by atoms with E-state index in [1.165, 1.54) is 15.5 Å². The van der Waals surface area contributed by atoms with Crippen LogP contribution in [0.3, 0.4) is 0 Å². The number of rotatable bonds is 6. The maximum Gasteiger partial charge on any atom is 0.254 e. The predicted molar refractivity (Wildman–Crippen MR) is 118 cm³/mol. The fourth-order valence-electron chi connectivity index (χ4n) is 3.89. The van der Waals surface area contributed by atoms with Gasteiger partial charge in [0.1, 0.15) is 0 Å². The Kier molecular flexibility index (Phi) is 6.17. The van der Waals surface area contributed by atoms with Gasteiger partial charge >= 0.3 is 0 Å². The van der Waals surface area contributed by atoms with E-state index < -0.39 is 10.0 Å². The van der Waals surface area contributed by atoms with Crippen LogP contribution in [0.15, 0.2) is 42.5 Å². The van der Waals surface area contributed by atoms with Gasteiger partial charge in [0.25, 0.3) is 5.91 Å². The molecule has 0 radical (unpaired) electrons. The molecule has 0 aromatic heterocycles. The van der Waals surface area contributed by atoms with E-state index in [1.54, 1.807) is 25.2 Å². The first-order chi connectivity index (χ1) is 14.1. The van der Waals surface area contributed by atoms with Gasteiger partial charge in [0.2, 0.25) is 15.9 Å². The molecule has 30 heavy (non-hydrogen) atoms. The van der Waals surface area contributed by atoms with Gasteiger partial charge in [-0.15, -0.1) is 0 Å². The van der Waals surface area contributed by atoms with E-state index in [-0.39, 0.29) is 24.4 Å². The van der Waals surface area contributed by atoms with Crippen LogP contribution in [-0.4, -0.2) is 51.0 Å². The zero-order chi connectivity index (χ0) is 22.1. The van der Waals surface area contributed by atoms with E-state index in [1.807, 2.05) is 38.1 Å². The number of hydrogen-bond donors (Lipinski definition) is 1. The Morgan fingerprint density at radius 1 is 1.20 bits per heavy atom. The van der Waals surface area contributed by atoms with Crippen LogP contribution in [0.1, 0.15) is 35.3 Å². The highest BCUT2D eigenvalue weighted by Crippen LogP contribution is 2.34. The van der Waals surface area contributed by atoms with E-state index in [0.29, 0.717) is 17.7 Å². The van der Waals surface area contributed by atoms with Gasteiger partial charge in [-0.05, 0) is 55.2 Å². The molecule has 0 saturated carbocycles. The van der Waals surface area contributed by atoms with Gasteiger partial charge in [-0.1, -0.05) is 25.1 Å². The molecule has 0 saturated heterocycles. The van der Waals surface area contributed by atoms with Crippen molar-refractivity contribution in [3.63, 3.8) is 0 Å². The number of fused-ring (bicyclic) bond motifs is 1. The number of likely N-dealkylation sites (N-methyl/N-ethyl adjacent to an activating group) is 1. The Morgan fingerprint density at radius 3 is 2.57 bits per heavy atom. The highest BCUT2D eigenvalue weighted by molar-refractivity contribution is 7.92. The van der Waals surface area contributed by atoms with Crippen LogP contribution in [0, 0.1) is 0 Å². The maximum absolute atomic E-state index is 12.8. The number of benzene rings is 2. The van der Waals surface area contributed by atoms with Crippen molar-refractivity contribution in [2.45, 2.75) is 32.7 Å². The first kappa shape index (κ1) is 21.8. The van der Waals surface area contributed by atoms with Gasteiger partial charge in [-0.3, -0.25) is 13.9 Å². The number of nitrogens with one attached hydrogen (secondary N) is 1. The largest absolute Gasteiger partial charge is 0.332 e. The van der Waals surface area contributed by atoms with Crippen LogP contribution in [0.4, 0.5) is 11.4 Å². The normalized spacial score (nSPS) is 15.6. The van der Waals surface area contributed by atoms with E-state index in [9.17, 15) is 18.0 Å². The lowest BCUT2D eigenvalue weighted by atomic mass is 10.1. The van der Waals surface area contributed by atoms with Crippen LogP contribution in [0.2, 0.25) is 0 Å². The van der Waals surface area contributed by atoms with Crippen molar-refractivity contribution in [2.24, 2.45) is 0 Å². The number of nitrogens with zero attached hydrogens (tertiary/aromatic N) is 2. The average molecular weight is 430 g/mol. The van der Waals surface area contributed by atoms with Crippen molar-refractivity contribution in [3.8, 4) is 0 Å². The molecule has 1 aliphatic heterocycles. The molecule has 0 fully saturated rings. The van der Waals surface area contributed by atoms with Gasteiger partial charge in [-0.2, -0.15) is 0 Å². The quantitative estimate of drug-likeness (QED) is 0.765. The van der Waals surface area contributed by atoms with E-state index in [0.717, 1.165) is 23.2 Å². The second-order valence-electron chi connectivity index (χ2n) is 7.68. The van der Waals surface area contributed by atoms with Gasteiger partial charge in [0, 0.05) is 24.3 Å². The lowest BCUT2D eigenvalue weighted by molar-refractivity contribution is -0.116. The fourth-order valence-corrected chi connectivity index (χ4v) is 5.15. The number of amides is 2. The highest BCUT2D eigenvalue weighted by atomic mass is 32.2. The molecule has 0 spiro atoms. The molecule has 1 atom stereocenters.